The Labute approximate surface area is 108 Å². The van der Waals surface area contributed by atoms with Gasteiger partial charge in [0, 0.05) is 23.8 Å². The lowest BCUT2D eigenvalue weighted by molar-refractivity contribution is 0.461. The van der Waals surface area contributed by atoms with Crippen LogP contribution in [0.1, 0.15) is 23.2 Å². The number of nitrogens with zero attached hydrogens (tertiary/aromatic N) is 2. The van der Waals surface area contributed by atoms with Crippen molar-refractivity contribution in [1.82, 2.24) is 9.55 Å². The van der Waals surface area contributed by atoms with Crippen LogP contribution in [0.5, 0.6) is 0 Å². The maximum atomic E-state index is 5.99. The number of nitrogens with two attached hydrogens (primary N) is 1. The third-order valence-corrected chi connectivity index (χ3v) is 3.91. The predicted octanol–water partition coefficient (Wildman–Crippen LogP) is 2.44. The number of hydrogen-bond acceptors (Lipinski definition) is 2. The van der Waals surface area contributed by atoms with Gasteiger partial charge in [0.2, 0.25) is 0 Å². The van der Waals surface area contributed by atoms with Gasteiger partial charge in [-0.05, 0) is 43.9 Å². The highest BCUT2D eigenvalue weighted by Gasteiger charge is 2.20. The molecule has 0 saturated carbocycles. The molecule has 1 unspecified atom stereocenters. The summed E-state index contributed by atoms with van der Waals surface area (Å²) >= 11 is 0. The zero-order valence-electron chi connectivity index (χ0n) is 11.0. The fraction of sp³-hybridized carbons (Fsp3) is 0.400. The van der Waals surface area contributed by atoms with Crippen molar-refractivity contribution in [2.45, 2.75) is 39.3 Å². The van der Waals surface area contributed by atoms with Crippen LogP contribution in [0.2, 0.25) is 0 Å². The molecule has 1 atom stereocenters. The largest absolute Gasteiger partial charge is 0.332 e. The van der Waals surface area contributed by atoms with E-state index in [2.05, 4.69) is 41.6 Å². The van der Waals surface area contributed by atoms with Crippen molar-refractivity contribution in [2.24, 2.45) is 5.73 Å². The first-order valence-corrected chi connectivity index (χ1v) is 6.52. The average molecular weight is 241 g/mol. The summed E-state index contributed by atoms with van der Waals surface area (Å²) in [5.41, 5.74) is 12.3. The van der Waals surface area contributed by atoms with Crippen LogP contribution in [0.3, 0.4) is 0 Å². The number of aryl methyl sites for hydroxylation is 2. The molecular formula is C15H19N3. The van der Waals surface area contributed by atoms with Crippen LogP contribution in [0.25, 0.3) is 11.3 Å². The Morgan fingerprint density at radius 3 is 2.89 bits per heavy atom. The summed E-state index contributed by atoms with van der Waals surface area (Å²) in [5, 5.41) is 0. The highest BCUT2D eigenvalue weighted by Crippen LogP contribution is 2.27. The quantitative estimate of drug-likeness (QED) is 0.833. The Bertz CT molecular complexity index is 583. The molecule has 0 saturated heterocycles. The molecule has 0 radical (unpaired) electrons. The van der Waals surface area contributed by atoms with Gasteiger partial charge in [-0.25, -0.2) is 4.98 Å². The number of aromatic nitrogens is 2. The molecule has 3 rings (SSSR count). The Balaban J connectivity index is 2.05. The van der Waals surface area contributed by atoms with Crippen molar-refractivity contribution in [2.75, 3.05) is 0 Å². The average Bonchev–Trinajstić information content (AvgIpc) is 2.75. The second-order valence-corrected chi connectivity index (χ2v) is 5.29. The van der Waals surface area contributed by atoms with Crippen molar-refractivity contribution in [1.29, 1.82) is 0 Å². The molecule has 1 aromatic heterocycles. The lowest BCUT2D eigenvalue weighted by Gasteiger charge is -2.21. The van der Waals surface area contributed by atoms with Crippen LogP contribution in [0.15, 0.2) is 24.5 Å². The molecule has 3 heteroatoms. The second-order valence-electron chi connectivity index (χ2n) is 5.29. The molecule has 0 fully saturated rings. The smallest absolute Gasteiger partial charge is 0.0956 e. The van der Waals surface area contributed by atoms with Gasteiger partial charge >= 0.3 is 0 Å². The summed E-state index contributed by atoms with van der Waals surface area (Å²) < 4.78 is 2.21. The van der Waals surface area contributed by atoms with Crippen LogP contribution in [0, 0.1) is 13.8 Å². The summed E-state index contributed by atoms with van der Waals surface area (Å²) in [6.45, 7) is 5.19. The van der Waals surface area contributed by atoms with E-state index in [0.717, 1.165) is 25.1 Å². The lowest BCUT2D eigenvalue weighted by atomic mass is 9.99. The van der Waals surface area contributed by atoms with Crippen molar-refractivity contribution < 1.29 is 0 Å². The van der Waals surface area contributed by atoms with Crippen molar-refractivity contribution in [3.63, 3.8) is 0 Å². The fourth-order valence-corrected chi connectivity index (χ4v) is 2.62. The van der Waals surface area contributed by atoms with Gasteiger partial charge in [0.15, 0.2) is 0 Å². The Hall–Kier alpha value is -1.61. The molecule has 94 valence electrons. The molecular weight excluding hydrogens is 222 g/mol. The molecule has 18 heavy (non-hydrogen) atoms. The van der Waals surface area contributed by atoms with E-state index < -0.39 is 0 Å². The summed E-state index contributed by atoms with van der Waals surface area (Å²) in [5.74, 6) is 0. The fourth-order valence-electron chi connectivity index (χ4n) is 2.62. The first kappa shape index (κ1) is 11.5. The molecule has 3 nitrogen and oxygen atoms in total. The molecule has 0 amide bonds. The van der Waals surface area contributed by atoms with Gasteiger partial charge in [0.05, 0.1) is 12.0 Å². The normalized spacial score (nSPS) is 18.7. The van der Waals surface area contributed by atoms with Gasteiger partial charge in [0.25, 0.3) is 0 Å². The van der Waals surface area contributed by atoms with Crippen LogP contribution in [-0.2, 0) is 13.0 Å². The monoisotopic (exact) mass is 241 g/mol. The van der Waals surface area contributed by atoms with Crippen LogP contribution < -0.4 is 5.73 Å². The van der Waals surface area contributed by atoms with Crippen LogP contribution >= 0.6 is 0 Å². The minimum Gasteiger partial charge on any atom is -0.332 e. The minimum atomic E-state index is 0.277. The minimum absolute atomic E-state index is 0.277. The first-order valence-electron chi connectivity index (χ1n) is 6.52. The Morgan fingerprint density at radius 1 is 1.28 bits per heavy atom. The van der Waals surface area contributed by atoms with Gasteiger partial charge in [-0.3, -0.25) is 0 Å². The zero-order chi connectivity index (χ0) is 12.7. The maximum absolute atomic E-state index is 5.99. The van der Waals surface area contributed by atoms with E-state index in [4.69, 9.17) is 5.73 Å². The molecule has 0 aliphatic carbocycles. The van der Waals surface area contributed by atoms with E-state index in [1.807, 2.05) is 6.33 Å². The van der Waals surface area contributed by atoms with Gasteiger partial charge in [-0.2, -0.15) is 0 Å². The van der Waals surface area contributed by atoms with Crippen LogP contribution in [0.4, 0.5) is 0 Å². The van der Waals surface area contributed by atoms with E-state index in [9.17, 15) is 0 Å². The van der Waals surface area contributed by atoms with E-state index in [1.165, 1.54) is 22.4 Å². The lowest BCUT2D eigenvalue weighted by Crippen LogP contribution is -2.31. The summed E-state index contributed by atoms with van der Waals surface area (Å²) in [7, 11) is 0. The SMILES string of the molecule is Cc1ccc(-c2ncn3c2CCC(N)C3)cc1C. The zero-order valence-corrected chi connectivity index (χ0v) is 11.0. The molecule has 2 heterocycles. The number of hydrogen-bond donors (Lipinski definition) is 1. The standard InChI is InChI=1S/C15H19N3/c1-10-3-4-12(7-11(10)2)15-14-6-5-13(16)8-18(14)9-17-15/h3-4,7,9,13H,5-6,8,16H2,1-2H3. The van der Waals surface area contributed by atoms with E-state index in [0.29, 0.717) is 0 Å². The van der Waals surface area contributed by atoms with Crippen molar-refractivity contribution >= 4 is 0 Å². The third-order valence-electron chi connectivity index (χ3n) is 3.91. The molecule has 2 aromatic rings. The second kappa shape index (κ2) is 4.25. The van der Waals surface area contributed by atoms with Crippen LogP contribution in [-0.4, -0.2) is 15.6 Å². The number of imidazole rings is 1. The maximum Gasteiger partial charge on any atom is 0.0956 e. The molecule has 2 N–H and O–H groups in total. The highest BCUT2D eigenvalue weighted by molar-refractivity contribution is 5.63. The molecule has 0 bridgehead atoms. The number of fused-ring (bicyclic) bond motifs is 1. The van der Waals surface area contributed by atoms with Gasteiger partial charge < -0.3 is 10.3 Å². The number of benzene rings is 1. The van der Waals surface area contributed by atoms with E-state index in [1.54, 1.807) is 0 Å². The summed E-state index contributed by atoms with van der Waals surface area (Å²) in [6, 6.07) is 6.84. The molecule has 1 aliphatic rings. The topological polar surface area (TPSA) is 43.8 Å². The first-order chi connectivity index (χ1) is 8.65. The van der Waals surface area contributed by atoms with Crippen molar-refractivity contribution in [3.8, 4) is 11.3 Å². The summed E-state index contributed by atoms with van der Waals surface area (Å²) in [4.78, 5) is 4.58. The van der Waals surface area contributed by atoms with Gasteiger partial charge in [-0.1, -0.05) is 12.1 Å². The molecule has 1 aromatic carbocycles. The third kappa shape index (κ3) is 1.85. The van der Waals surface area contributed by atoms with E-state index >= 15 is 0 Å². The predicted molar refractivity (Wildman–Crippen MR) is 73.4 cm³/mol. The molecule has 1 aliphatic heterocycles. The molecule has 0 spiro atoms. The summed E-state index contributed by atoms with van der Waals surface area (Å²) in [6.07, 6.45) is 4.02. The van der Waals surface area contributed by atoms with Gasteiger partial charge in [0.1, 0.15) is 0 Å². The Kier molecular flexibility index (Phi) is 2.71. The number of rotatable bonds is 1. The van der Waals surface area contributed by atoms with E-state index in [-0.39, 0.29) is 6.04 Å². The van der Waals surface area contributed by atoms with Crippen molar-refractivity contribution in [3.05, 3.63) is 41.3 Å². The van der Waals surface area contributed by atoms with Gasteiger partial charge in [-0.15, -0.1) is 0 Å². The Morgan fingerprint density at radius 2 is 2.11 bits per heavy atom. The highest BCUT2D eigenvalue weighted by atomic mass is 15.1.